The van der Waals surface area contributed by atoms with Gasteiger partial charge in [-0.1, -0.05) is 54.1 Å². The van der Waals surface area contributed by atoms with Gasteiger partial charge in [0.2, 0.25) is 0 Å². The summed E-state index contributed by atoms with van der Waals surface area (Å²) < 4.78 is 0. The van der Waals surface area contributed by atoms with Gasteiger partial charge < -0.3 is 10.6 Å². The Labute approximate surface area is 151 Å². The molecule has 0 saturated heterocycles. The summed E-state index contributed by atoms with van der Waals surface area (Å²) in [6, 6.07) is 18.9. The molecule has 0 bridgehead atoms. The molecule has 25 heavy (non-hydrogen) atoms. The zero-order chi connectivity index (χ0) is 17.5. The minimum Gasteiger partial charge on any atom is -0.350 e. The Morgan fingerprint density at radius 1 is 1.00 bits per heavy atom. The lowest BCUT2D eigenvalue weighted by molar-refractivity contribution is 0.0949. The van der Waals surface area contributed by atoms with Crippen LogP contribution in [-0.4, -0.2) is 22.4 Å². The Bertz CT molecular complexity index is 855. The van der Waals surface area contributed by atoms with Gasteiger partial charge in [-0.25, -0.2) is 9.97 Å². The number of amides is 1. The van der Waals surface area contributed by atoms with Crippen LogP contribution >= 0.6 is 11.6 Å². The van der Waals surface area contributed by atoms with Crippen molar-refractivity contribution in [1.82, 2.24) is 15.3 Å². The topological polar surface area (TPSA) is 66.9 Å². The van der Waals surface area contributed by atoms with Crippen molar-refractivity contribution in [3.05, 3.63) is 83.3 Å². The van der Waals surface area contributed by atoms with Gasteiger partial charge in [-0.05, 0) is 24.1 Å². The van der Waals surface area contributed by atoms with E-state index in [1.54, 1.807) is 12.1 Å². The molecular formula is C19H17ClN4O. The number of hydrogen-bond donors (Lipinski definition) is 2. The van der Waals surface area contributed by atoms with Crippen LogP contribution in [0.5, 0.6) is 0 Å². The molecule has 0 fully saturated rings. The van der Waals surface area contributed by atoms with E-state index in [9.17, 15) is 4.79 Å². The fourth-order valence-corrected chi connectivity index (χ4v) is 2.49. The zero-order valence-electron chi connectivity index (χ0n) is 13.4. The third kappa shape index (κ3) is 4.78. The van der Waals surface area contributed by atoms with Crippen LogP contribution in [0, 0.1) is 0 Å². The Kier molecular flexibility index (Phi) is 5.59. The lowest BCUT2D eigenvalue weighted by Gasteiger charge is -2.09. The van der Waals surface area contributed by atoms with E-state index in [1.807, 2.05) is 48.5 Å². The van der Waals surface area contributed by atoms with Gasteiger partial charge in [0.25, 0.3) is 5.91 Å². The van der Waals surface area contributed by atoms with E-state index in [2.05, 4.69) is 20.6 Å². The van der Waals surface area contributed by atoms with Gasteiger partial charge in [0.15, 0.2) is 0 Å². The third-order valence-corrected chi connectivity index (χ3v) is 3.91. The number of carbonyl (C=O) groups excluding carboxylic acids is 1. The summed E-state index contributed by atoms with van der Waals surface area (Å²) in [5.41, 5.74) is 2.20. The second-order valence-electron chi connectivity index (χ2n) is 5.38. The van der Waals surface area contributed by atoms with Gasteiger partial charge in [0.1, 0.15) is 17.8 Å². The molecule has 1 amide bonds. The van der Waals surface area contributed by atoms with Crippen molar-refractivity contribution in [2.75, 3.05) is 11.9 Å². The number of anilines is 2. The molecule has 5 nitrogen and oxygen atoms in total. The highest BCUT2D eigenvalue weighted by Crippen LogP contribution is 2.23. The van der Waals surface area contributed by atoms with Gasteiger partial charge in [-0.15, -0.1) is 0 Å². The summed E-state index contributed by atoms with van der Waals surface area (Å²) in [6.45, 7) is 0.542. The quantitative estimate of drug-likeness (QED) is 0.707. The molecule has 0 aliphatic carbocycles. The van der Waals surface area contributed by atoms with E-state index >= 15 is 0 Å². The van der Waals surface area contributed by atoms with Crippen LogP contribution in [-0.2, 0) is 6.42 Å². The molecule has 0 radical (unpaired) electrons. The maximum absolute atomic E-state index is 12.3. The van der Waals surface area contributed by atoms with Crippen molar-refractivity contribution in [3.8, 4) is 0 Å². The number of nitrogens with zero attached hydrogens (tertiary/aromatic N) is 2. The lowest BCUT2D eigenvalue weighted by Crippen LogP contribution is -2.26. The summed E-state index contributed by atoms with van der Waals surface area (Å²) in [7, 11) is 0. The maximum Gasteiger partial charge on any atom is 0.270 e. The molecule has 0 aliphatic heterocycles. The number of para-hydroxylation sites is 1. The first-order valence-electron chi connectivity index (χ1n) is 7.88. The SMILES string of the molecule is O=C(NCCc1ccccc1)c1cc(Nc2ccccc2Cl)ncn1. The molecule has 0 atom stereocenters. The minimum atomic E-state index is -0.236. The third-order valence-electron chi connectivity index (χ3n) is 3.58. The second-order valence-corrected chi connectivity index (χ2v) is 5.79. The highest BCUT2D eigenvalue weighted by molar-refractivity contribution is 6.33. The minimum absolute atomic E-state index is 0.236. The molecule has 0 aliphatic rings. The van der Waals surface area contributed by atoms with Gasteiger partial charge in [-0.2, -0.15) is 0 Å². The molecule has 6 heteroatoms. The van der Waals surface area contributed by atoms with Gasteiger partial charge in [0, 0.05) is 12.6 Å². The van der Waals surface area contributed by atoms with Crippen molar-refractivity contribution in [2.24, 2.45) is 0 Å². The number of rotatable bonds is 6. The zero-order valence-corrected chi connectivity index (χ0v) is 14.2. The van der Waals surface area contributed by atoms with Crippen molar-refractivity contribution in [3.63, 3.8) is 0 Å². The maximum atomic E-state index is 12.3. The van der Waals surface area contributed by atoms with E-state index in [0.29, 0.717) is 23.1 Å². The molecule has 0 spiro atoms. The number of hydrogen-bond acceptors (Lipinski definition) is 4. The Morgan fingerprint density at radius 2 is 1.76 bits per heavy atom. The number of aromatic nitrogens is 2. The highest BCUT2D eigenvalue weighted by Gasteiger charge is 2.09. The molecule has 0 unspecified atom stereocenters. The number of nitrogens with one attached hydrogen (secondary N) is 2. The predicted octanol–water partition coefficient (Wildman–Crippen LogP) is 3.85. The van der Waals surface area contributed by atoms with Crippen molar-refractivity contribution < 1.29 is 4.79 Å². The summed E-state index contributed by atoms with van der Waals surface area (Å²) in [5.74, 6) is 0.275. The predicted molar refractivity (Wildman–Crippen MR) is 99.2 cm³/mol. The lowest BCUT2D eigenvalue weighted by atomic mass is 10.1. The second kappa shape index (κ2) is 8.26. The number of carbonyl (C=O) groups is 1. The van der Waals surface area contributed by atoms with Crippen molar-refractivity contribution in [2.45, 2.75) is 6.42 Å². The molecule has 3 rings (SSSR count). The molecule has 126 valence electrons. The van der Waals surface area contributed by atoms with E-state index in [-0.39, 0.29) is 5.91 Å². The Morgan fingerprint density at radius 3 is 2.56 bits per heavy atom. The van der Waals surface area contributed by atoms with E-state index in [0.717, 1.165) is 12.1 Å². The summed E-state index contributed by atoms with van der Waals surface area (Å²) >= 11 is 6.12. The van der Waals surface area contributed by atoms with Crippen molar-refractivity contribution >= 4 is 29.0 Å². The van der Waals surface area contributed by atoms with Gasteiger partial charge >= 0.3 is 0 Å². The van der Waals surface area contributed by atoms with E-state index < -0.39 is 0 Å². The first kappa shape index (κ1) is 16.9. The molecule has 1 aromatic heterocycles. The molecule has 1 heterocycles. The standard InChI is InChI=1S/C19H17ClN4O/c20-15-8-4-5-9-16(15)24-18-12-17(22-13-23-18)19(25)21-11-10-14-6-2-1-3-7-14/h1-9,12-13H,10-11H2,(H,21,25)(H,22,23,24). The molecule has 3 aromatic rings. The van der Waals surface area contributed by atoms with Crippen LogP contribution in [0.15, 0.2) is 67.0 Å². The van der Waals surface area contributed by atoms with Crippen LogP contribution in [0.3, 0.4) is 0 Å². The Hall–Kier alpha value is -2.92. The molecule has 0 saturated carbocycles. The van der Waals surface area contributed by atoms with Crippen LogP contribution in [0.25, 0.3) is 0 Å². The average Bonchev–Trinajstić information content (AvgIpc) is 2.65. The largest absolute Gasteiger partial charge is 0.350 e. The van der Waals surface area contributed by atoms with E-state index in [1.165, 1.54) is 11.9 Å². The van der Waals surface area contributed by atoms with Crippen LogP contribution in [0.1, 0.15) is 16.1 Å². The molecule has 2 aromatic carbocycles. The van der Waals surface area contributed by atoms with Crippen LogP contribution in [0.4, 0.5) is 11.5 Å². The van der Waals surface area contributed by atoms with Gasteiger partial charge in [-0.3, -0.25) is 4.79 Å². The summed E-state index contributed by atoms with van der Waals surface area (Å²) in [5, 5.41) is 6.53. The Balaban J connectivity index is 1.60. The first-order valence-corrected chi connectivity index (χ1v) is 8.26. The van der Waals surface area contributed by atoms with Crippen molar-refractivity contribution in [1.29, 1.82) is 0 Å². The number of benzene rings is 2. The van der Waals surface area contributed by atoms with Gasteiger partial charge in [0.05, 0.1) is 10.7 Å². The number of halogens is 1. The fourth-order valence-electron chi connectivity index (χ4n) is 2.31. The monoisotopic (exact) mass is 352 g/mol. The summed E-state index contributed by atoms with van der Waals surface area (Å²) in [6.07, 6.45) is 2.12. The summed E-state index contributed by atoms with van der Waals surface area (Å²) in [4.78, 5) is 20.4. The fraction of sp³-hybridized carbons (Fsp3) is 0.105. The normalized spacial score (nSPS) is 10.3. The molecule has 2 N–H and O–H groups in total. The smallest absolute Gasteiger partial charge is 0.270 e. The first-order chi connectivity index (χ1) is 12.2. The average molecular weight is 353 g/mol. The van der Waals surface area contributed by atoms with Crippen LogP contribution in [0.2, 0.25) is 5.02 Å². The molecular weight excluding hydrogens is 336 g/mol. The highest BCUT2D eigenvalue weighted by atomic mass is 35.5. The van der Waals surface area contributed by atoms with E-state index in [4.69, 9.17) is 11.6 Å². The van der Waals surface area contributed by atoms with Crippen LogP contribution < -0.4 is 10.6 Å².